The molecule has 1 aromatic heterocycles. The average Bonchev–Trinajstić information content (AvgIpc) is 2.61. The van der Waals surface area contributed by atoms with Crippen LogP contribution >= 0.6 is 11.6 Å². The van der Waals surface area contributed by atoms with Gasteiger partial charge in [0.15, 0.2) is 5.75 Å². The standard InChI is InChI=1S/C18H14ClFN2O3/c1-22-17(23)10-16(24-2)18(21-22)12-5-3-4-6-15(12)25-11-7-8-14(20)13(19)9-11/h3-10H,1-2H3. The summed E-state index contributed by atoms with van der Waals surface area (Å²) in [6.45, 7) is 0. The van der Waals surface area contributed by atoms with Crippen LogP contribution in [0.4, 0.5) is 4.39 Å². The van der Waals surface area contributed by atoms with Gasteiger partial charge in [-0.05, 0) is 24.3 Å². The van der Waals surface area contributed by atoms with Crippen LogP contribution in [0.5, 0.6) is 17.2 Å². The minimum absolute atomic E-state index is 0.0344. The van der Waals surface area contributed by atoms with Crippen molar-refractivity contribution in [3.05, 3.63) is 69.7 Å². The highest BCUT2D eigenvalue weighted by Gasteiger charge is 2.16. The Bertz CT molecular complexity index is 988. The Morgan fingerprint density at radius 2 is 1.88 bits per heavy atom. The second-order valence-corrected chi connectivity index (χ2v) is 5.60. The third kappa shape index (κ3) is 3.49. The summed E-state index contributed by atoms with van der Waals surface area (Å²) in [6, 6.07) is 12.6. The quantitative estimate of drug-likeness (QED) is 0.704. The number of aryl methyl sites for hydroxylation is 1. The number of hydrogen-bond donors (Lipinski definition) is 0. The van der Waals surface area contributed by atoms with Gasteiger partial charge in [-0.2, -0.15) is 5.10 Å². The first-order chi connectivity index (χ1) is 12.0. The number of benzene rings is 2. The topological polar surface area (TPSA) is 53.4 Å². The lowest BCUT2D eigenvalue weighted by Crippen LogP contribution is -2.19. The number of ether oxygens (including phenoxy) is 2. The van der Waals surface area contributed by atoms with E-state index in [-0.39, 0.29) is 10.6 Å². The van der Waals surface area contributed by atoms with Gasteiger partial charge in [0.2, 0.25) is 0 Å². The molecule has 0 aliphatic rings. The lowest BCUT2D eigenvalue weighted by Gasteiger charge is -2.14. The van der Waals surface area contributed by atoms with Crippen molar-refractivity contribution in [3.8, 4) is 28.5 Å². The molecule has 3 aromatic rings. The molecule has 5 nitrogen and oxygen atoms in total. The summed E-state index contributed by atoms with van der Waals surface area (Å²) < 4.78 is 25.6. The van der Waals surface area contributed by atoms with Crippen LogP contribution in [0.1, 0.15) is 0 Å². The Labute approximate surface area is 148 Å². The lowest BCUT2D eigenvalue weighted by molar-refractivity contribution is 0.409. The number of halogens is 2. The van der Waals surface area contributed by atoms with Crippen LogP contribution in [0.3, 0.4) is 0 Å². The Hall–Kier alpha value is -2.86. The predicted octanol–water partition coefficient (Wildman–Crippen LogP) is 4.04. The van der Waals surface area contributed by atoms with E-state index in [0.29, 0.717) is 28.5 Å². The Balaban J connectivity index is 2.09. The first-order valence-corrected chi connectivity index (χ1v) is 7.72. The fraction of sp³-hybridized carbons (Fsp3) is 0.111. The summed E-state index contributed by atoms with van der Waals surface area (Å²) in [6.07, 6.45) is 0. The zero-order chi connectivity index (χ0) is 18.0. The third-order valence-electron chi connectivity index (χ3n) is 3.54. The highest BCUT2D eigenvalue weighted by atomic mass is 35.5. The van der Waals surface area contributed by atoms with Crippen LogP contribution in [0.2, 0.25) is 5.02 Å². The Morgan fingerprint density at radius 3 is 2.60 bits per heavy atom. The maximum Gasteiger partial charge on any atom is 0.270 e. The second-order valence-electron chi connectivity index (χ2n) is 5.20. The maximum absolute atomic E-state index is 13.3. The van der Waals surface area contributed by atoms with Crippen LogP contribution in [-0.4, -0.2) is 16.9 Å². The number of methoxy groups -OCH3 is 1. The van der Waals surface area contributed by atoms with E-state index >= 15 is 0 Å². The molecule has 0 N–H and O–H groups in total. The zero-order valence-electron chi connectivity index (χ0n) is 13.5. The van der Waals surface area contributed by atoms with Crippen LogP contribution in [-0.2, 0) is 7.05 Å². The van der Waals surface area contributed by atoms with Crippen molar-refractivity contribution in [2.24, 2.45) is 7.05 Å². The van der Waals surface area contributed by atoms with Crippen LogP contribution in [0.15, 0.2) is 53.3 Å². The van der Waals surface area contributed by atoms with E-state index in [1.807, 2.05) is 6.07 Å². The fourth-order valence-electron chi connectivity index (χ4n) is 2.28. The second kappa shape index (κ2) is 6.94. The van der Waals surface area contributed by atoms with Crippen LogP contribution in [0, 0.1) is 5.82 Å². The van der Waals surface area contributed by atoms with E-state index in [1.54, 1.807) is 25.2 Å². The normalized spacial score (nSPS) is 10.6. The molecule has 25 heavy (non-hydrogen) atoms. The summed E-state index contributed by atoms with van der Waals surface area (Å²) in [5.41, 5.74) is 0.785. The van der Waals surface area contributed by atoms with E-state index < -0.39 is 5.82 Å². The largest absolute Gasteiger partial charge is 0.494 e. The molecule has 3 rings (SSSR count). The summed E-state index contributed by atoms with van der Waals surface area (Å²) in [5.74, 6) is 0.650. The van der Waals surface area contributed by atoms with Gasteiger partial charge >= 0.3 is 0 Å². The minimum Gasteiger partial charge on any atom is -0.494 e. The van der Waals surface area contributed by atoms with Crippen molar-refractivity contribution in [1.82, 2.24) is 9.78 Å². The van der Waals surface area contributed by atoms with Crippen LogP contribution < -0.4 is 15.0 Å². The van der Waals surface area contributed by atoms with Gasteiger partial charge in [0.1, 0.15) is 23.0 Å². The third-order valence-corrected chi connectivity index (χ3v) is 3.83. The lowest BCUT2D eigenvalue weighted by atomic mass is 10.1. The predicted molar refractivity (Wildman–Crippen MR) is 93.0 cm³/mol. The number of para-hydroxylation sites is 1. The molecule has 0 saturated heterocycles. The minimum atomic E-state index is -0.524. The SMILES string of the molecule is COc1cc(=O)n(C)nc1-c1ccccc1Oc1ccc(F)c(Cl)c1. The summed E-state index contributed by atoms with van der Waals surface area (Å²) in [7, 11) is 3.01. The molecule has 0 unspecified atom stereocenters. The van der Waals surface area contributed by atoms with Gasteiger partial charge < -0.3 is 9.47 Å². The molecular weight excluding hydrogens is 347 g/mol. The molecule has 0 fully saturated rings. The molecule has 128 valence electrons. The van der Waals surface area contributed by atoms with Crippen molar-refractivity contribution in [3.63, 3.8) is 0 Å². The zero-order valence-corrected chi connectivity index (χ0v) is 14.2. The van der Waals surface area contributed by atoms with E-state index in [0.717, 1.165) is 0 Å². The molecule has 0 radical (unpaired) electrons. The van der Waals surface area contributed by atoms with Crippen LogP contribution in [0.25, 0.3) is 11.3 Å². The molecule has 7 heteroatoms. The monoisotopic (exact) mass is 360 g/mol. The Kier molecular flexibility index (Phi) is 4.72. The molecule has 0 spiro atoms. The van der Waals surface area contributed by atoms with E-state index in [9.17, 15) is 9.18 Å². The van der Waals surface area contributed by atoms with Crippen molar-refractivity contribution < 1.29 is 13.9 Å². The summed E-state index contributed by atoms with van der Waals surface area (Å²) >= 11 is 5.80. The highest BCUT2D eigenvalue weighted by Crippen LogP contribution is 2.36. The molecule has 0 bridgehead atoms. The van der Waals surface area contributed by atoms with Gasteiger partial charge in [-0.1, -0.05) is 23.7 Å². The first-order valence-electron chi connectivity index (χ1n) is 7.34. The maximum atomic E-state index is 13.3. The van der Waals surface area contributed by atoms with Gasteiger partial charge in [0, 0.05) is 24.7 Å². The van der Waals surface area contributed by atoms with Gasteiger partial charge in [0.25, 0.3) is 5.56 Å². The number of rotatable bonds is 4. The molecule has 0 aliphatic carbocycles. The molecular formula is C18H14ClFN2O3. The van der Waals surface area contributed by atoms with Crippen molar-refractivity contribution >= 4 is 11.6 Å². The van der Waals surface area contributed by atoms with Crippen molar-refractivity contribution in [1.29, 1.82) is 0 Å². The summed E-state index contributed by atoms with van der Waals surface area (Å²) in [4.78, 5) is 11.8. The average molecular weight is 361 g/mol. The molecule has 0 saturated carbocycles. The molecule has 1 heterocycles. The van der Waals surface area contributed by atoms with Gasteiger partial charge in [0.05, 0.1) is 12.1 Å². The summed E-state index contributed by atoms with van der Waals surface area (Å²) in [5, 5.41) is 4.23. The fourth-order valence-corrected chi connectivity index (χ4v) is 2.45. The smallest absolute Gasteiger partial charge is 0.270 e. The van der Waals surface area contributed by atoms with E-state index in [1.165, 1.54) is 36.1 Å². The molecule has 0 atom stereocenters. The highest BCUT2D eigenvalue weighted by molar-refractivity contribution is 6.30. The van der Waals surface area contributed by atoms with Crippen molar-refractivity contribution in [2.75, 3.05) is 7.11 Å². The van der Waals surface area contributed by atoms with Gasteiger partial charge in [-0.25, -0.2) is 9.07 Å². The molecule has 0 amide bonds. The number of nitrogens with zero attached hydrogens (tertiary/aromatic N) is 2. The number of aromatic nitrogens is 2. The molecule has 2 aromatic carbocycles. The Morgan fingerprint density at radius 1 is 1.12 bits per heavy atom. The van der Waals surface area contributed by atoms with Crippen molar-refractivity contribution in [2.45, 2.75) is 0 Å². The number of hydrogen-bond acceptors (Lipinski definition) is 4. The van der Waals surface area contributed by atoms with Gasteiger partial charge in [-0.3, -0.25) is 4.79 Å². The molecule has 0 aliphatic heterocycles. The van der Waals surface area contributed by atoms with E-state index in [2.05, 4.69) is 5.10 Å². The van der Waals surface area contributed by atoms with Gasteiger partial charge in [-0.15, -0.1) is 0 Å². The first kappa shape index (κ1) is 17.0. The van der Waals surface area contributed by atoms with E-state index in [4.69, 9.17) is 21.1 Å².